The molecular formula is C22H23N5O4S. The summed E-state index contributed by atoms with van der Waals surface area (Å²) in [6, 6.07) is 12.4. The topological polar surface area (TPSA) is 110 Å². The molecule has 0 atom stereocenters. The fourth-order valence-electron chi connectivity index (χ4n) is 3.45. The maximum absolute atomic E-state index is 12.6. The quantitative estimate of drug-likeness (QED) is 0.251. The molecular weight excluding hydrogens is 430 g/mol. The van der Waals surface area contributed by atoms with Crippen LogP contribution in [0.2, 0.25) is 0 Å². The fraction of sp³-hybridized carbons (Fsp3) is 0.318. The van der Waals surface area contributed by atoms with E-state index in [1.807, 2.05) is 24.3 Å². The third-order valence-electron chi connectivity index (χ3n) is 5.05. The summed E-state index contributed by atoms with van der Waals surface area (Å²) in [7, 11) is 0. The first-order valence-corrected chi connectivity index (χ1v) is 11.2. The van der Waals surface area contributed by atoms with E-state index in [9.17, 15) is 14.9 Å². The van der Waals surface area contributed by atoms with Gasteiger partial charge in [0.15, 0.2) is 0 Å². The molecule has 166 valence electrons. The molecule has 1 amide bonds. The Bertz CT molecular complexity index is 1150. The second-order valence-corrected chi connectivity index (χ2v) is 8.43. The van der Waals surface area contributed by atoms with Gasteiger partial charge in [-0.1, -0.05) is 36.0 Å². The van der Waals surface area contributed by atoms with Crippen molar-refractivity contribution < 1.29 is 14.5 Å². The summed E-state index contributed by atoms with van der Waals surface area (Å²) in [4.78, 5) is 35.0. The van der Waals surface area contributed by atoms with Gasteiger partial charge >= 0.3 is 0 Å². The van der Waals surface area contributed by atoms with Gasteiger partial charge in [-0.2, -0.15) is 0 Å². The number of nitro groups is 1. The van der Waals surface area contributed by atoms with E-state index in [1.165, 1.54) is 17.8 Å². The highest BCUT2D eigenvalue weighted by molar-refractivity contribution is 8.00. The van der Waals surface area contributed by atoms with Crippen molar-refractivity contribution in [1.82, 2.24) is 14.9 Å². The summed E-state index contributed by atoms with van der Waals surface area (Å²) >= 11 is 1.29. The van der Waals surface area contributed by atoms with Gasteiger partial charge in [0, 0.05) is 24.5 Å². The Morgan fingerprint density at radius 2 is 2.00 bits per heavy atom. The van der Waals surface area contributed by atoms with Gasteiger partial charge in [-0.3, -0.25) is 19.8 Å². The van der Waals surface area contributed by atoms with Gasteiger partial charge in [-0.05, 0) is 24.6 Å². The molecule has 10 heteroatoms. The monoisotopic (exact) mass is 453 g/mol. The van der Waals surface area contributed by atoms with E-state index in [1.54, 1.807) is 19.1 Å². The van der Waals surface area contributed by atoms with Crippen molar-refractivity contribution in [2.24, 2.45) is 0 Å². The second-order valence-electron chi connectivity index (χ2n) is 7.47. The van der Waals surface area contributed by atoms with E-state index in [0.29, 0.717) is 30.6 Å². The summed E-state index contributed by atoms with van der Waals surface area (Å²) in [5.41, 5.74) is 1.64. The number of morpholine rings is 1. The smallest absolute Gasteiger partial charge is 0.293 e. The first kappa shape index (κ1) is 22.1. The number of aromatic nitrogens is 2. The van der Waals surface area contributed by atoms with Crippen LogP contribution in [0.15, 0.2) is 47.5 Å². The zero-order valence-electron chi connectivity index (χ0n) is 17.6. The molecule has 9 nitrogen and oxygen atoms in total. The molecule has 1 aliphatic rings. The van der Waals surface area contributed by atoms with Crippen LogP contribution >= 0.6 is 11.8 Å². The SMILES string of the molecule is Cc1ccc(NC(=O)CSc2nc(CN3CCOCC3)nc3ccccc23)c([N+](=O)[O-])c1. The lowest BCUT2D eigenvalue weighted by atomic mass is 10.2. The molecule has 1 aliphatic heterocycles. The number of aryl methyl sites for hydroxylation is 1. The van der Waals surface area contributed by atoms with Crippen molar-refractivity contribution in [3.63, 3.8) is 0 Å². The number of ether oxygens (including phenoxy) is 1. The number of para-hydroxylation sites is 1. The maximum Gasteiger partial charge on any atom is 0.293 e. The Hall–Kier alpha value is -3.08. The van der Waals surface area contributed by atoms with E-state index in [4.69, 9.17) is 9.72 Å². The molecule has 1 aromatic heterocycles. The molecule has 2 aromatic carbocycles. The number of nitrogens with zero attached hydrogens (tertiary/aromatic N) is 4. The molecule has 4 rings (SSSR count). The number of nitrogens with one attached hydrogen (secondary N) is 1. The number of hydrogen-bond donors (Lipinski definition) is 1. The predicted molar refractivity (Wildman–Crippen MR) is 123 cm³/mol. The van der Waals surface area contributed by atoms with Gasteiger partial charge in [0.1, 0.15) is 16.5 Å². The number of fused-ring (bicyclic) bond motifs is 1. The molecule has 2 heterocycles. The van der Waals surface area contributed by atoms with Crippen LogP contribution in [0.4, 0.5) is 11.4 Å². The van der Waals surface area contributed by atoms with Gasteiger partial charge in [0.05, 0.1) is 36.0 Å². The van der Waals surface area contributed by atoms with Crippen LogP contribution in [-0.2, 0) is 16.1 Å². The lowest BCUT2D eigenvalue weighted by molar-refractivity contribution is -0.384. The lowest BCUT2D eigenvalue weighted by Gasteiger charge is -2.25. The Morgan fingerprint density at radius 1 is 1.22 bits per heavy atom. The lowest BCUT2D eigenvalue weighted by Crippen LogP contribution is -2.36. The second kappa shape index (κ2) is 10.0. The highest BCUT2D eigenvalue weighted by Gasteiger charge is 2.18. The summed E-state index contributed by atoms with van der Waals surface area (Å²) in [6.07, 6.45) is 0. The number of rotatable bonds is 7. The van der Waals surface area contributed by atoms with Gasteiger partial charge in [-0.25, -0.2) is 9.97 Å². The van der Waals surface area contributed by atoms with Crippen molar-refractivity contribution in [3.8, 4) is 0 Å². The Kier molecular flexibility index (Phi) is 6.93. The van der Waals surface area contributed by atoms with Gasteiger partial charge in [0.25, 0.3) is 5.69 Å². The molecule has 0 saturated carbocycles. The van der Waals surface area contributed by atoms with Gasteiger partial charge < -0.3 is 10.1 Å². The van der Waals surface area contributed by atoms with Crippen LogP contribution in [0.25, 0.3) is 10.9 Å². The Balaban J connectivity index is 1.50. The summed E-state index contributed by atoms with van der Waals surface area (Å²) in [5.74, 6) is 0.435. The molecule has 0 radical (unpaired) electrons. The summed E-state index contributed by atoms with van der Waals surface area (Å²) in [6.45, 7) is 5.43. The Morgan fingerprint density at radius 3 is 2.78 bits per heavy atom. The molecule has 3 aromatic rings. The van der Waals surface area contributed by atoms with Crippen molar-refractivity contribution in [2.45, 2.75) is 18.5 Å². The number of benzene rings is 2. The number of nitro benzene ring substituents is 1. The summed E-state index contributed by atoms with van der Waals surface area (Å²) < 4.78 is 5.40. The molecule has 1 saturated heterocycles. The molecule has 0 unspecified atom stereocenters. The zero-order valence-corrected chi connectivity index (χ0v) is 18.4. The van der Waals surface area contributed by atoms with E-state index in [-0.39, 0.29) is 23.0 Å². The van der Waals surface area contributed by atoms with Crippen molar-refractivity contribution in [3.05, 3.63) is 64.0 Å². The minimum atomic E-state index is -0.494. The number of thioether (sulfide) groups is 1. The van der Waals surface area contributed by atoms with Crippen molar-refractivity contribution in [2.75, 3.05) is 37.4 Å². The van der Waals surface area contributed by atoms with Crippen LogP contribution in [0.3, 0.4) is 0 Å². The number of anilines is 1. The van der Waals surface area contributed by atoms with Crippen LogP contribution in [0, 0.1) is 17.0 Å². The molecule has 0 aliphatic carbocycles. The third-order valence-corrected chi connectivity index (χ3v) is 6.04. The molecule has 1 fully saturated rings. The first-order valence-electron chi connectivity index (χ1n) is 10.2. The van der Waals surface area contributed by atoms with Crippen LogP contribution in [-0.4, -0.2) is 57.8 Å². The zero-order chi connectivity index (χ0) is 22.5. The number of carbonyl (C=O) groups is 1. The average Bonchev–Trinajstić information content (AvgIpc) is 2.79. The standard InChI is InChI=1S/C22H23N5O4S/c1-15-6-7-18(19(12-15)27(29)30)24-21(28)14-32-22-16-4-2-3-5-17(16)23-20(25-22)13-26-8-10-31-11-9-26/h2-7,12H,8-11,13-14H2,1H3,(H,24,28). The fourth-order valence-corrected chi connectivity index (χ4v) is 4.29. The van der Waals surface area contributed by atoms with Crippen molar-refractivity contribution >= 4 is 39.9 Å². The maximum atomic E-state index is 12.6. The normalized spacial score (nSPS) is 14.4. The van der Waals surface area contributed by atoms with E-state index < -0.39 is 4.92 Å². The van der Waals surface area contributed by atoms with Crippen LogP contribution in [0.1, 0.15) is 11.4 Å². The number of amides is 1. The van der Waals surface area contributed by atoms with Gasteiger partial charge in [-0.15, -0.1) is 0 Å². The minimum Gasteiger partial charge on any atom is -0.379 e. The molecule has 0 bridgehead atoms. The number of hydrogen-bond acceptors (Lipinski definition) is 8. The average molecular weight is 454 g/mol. The van der Waals surface area contributed by atoms with Crippen LogP contribution < -0.4 is 5.32 Å². The van der Waals surface area contributed by atoms with E-state index in [0.717, 1.165) is 29.6 Å². The van der Waals surface area contributed by atoms with Crippen LogP contribution in [0.5, 0.6) is 0 Å². The van der Waals surface area contributed by atoms with E-state index in [2.05, 4.69) is 15.2 Å². The highest BCUT2D eigenvalue weighted by Crippen LogP contribution is 2.28. The third kappa shape index (κ3) is 5.39. The molecule has 0 spiro atoms. The molecule has 32 heavy (non-hydrogen) atoms. The summed E-state index contributed by atoms with van der Waals surface area (Å²) in [5, 5.41) is 15.5. The largest absolute Gasteiger partial charge is 0.379 e. The number of carbonyl (C=O) groups excluding carboxylic acids is 1. The van der Waals surface area contributed by atoms with E-state index >= 15 is 0 Å². The molecule has 1 N–H and O–H groups in total. The Labute approximate surface area is 189 Å². The van der Waals surface area contributed by atoms with Gasteiger partial charge in [0.2, 0.25) is 5.91 Å². The highest BCUT2D eigenvalue weighted by atomic mass is 32.2. The minimum absolute atomic E-state index is 0.0725. The predicted octanol–water partition coefficient (Wildman–Crippen LogP) is 3.41. The first-order chi connectivity index (χ1) is 15.5. The van der Waals surface area contributed by atoms with Crippen molar-refractivity contribution in [1.29, 1.82) is 0 Å².